The SMILES string of the molecule is CC1CC(C(C)(C)C)C(OC(=O)c2c(C3CCC(Cl)CC3)c(CN(C)C)n3c(=O)c(C(=O)NS(=O)(=O)Nc4ccccc4)c(N)[nH]c23)C(C(C)(C)C)C1. The van der Waals surface area contributed by atoms with Crippen molar-refractivity contribution in [2.75, 3.05) is 24.6 Å². The topological polar surface area (TPSA) is 168 Å². The van der Waals surface area contributed by atoms with Crippen LogP contribution in [0.5, 0.6) is 0 Å². The van der Waals surface area contributed by atoms with Crippen molar-refractivity contribution in [2.24, 2.45) is 28.6 Å². The number of aromatic nitrogens is 2. The number of benzene rings is 1. The fraction of sp³-hybridized carbons (Fsp3) is 0.615. The number of esters is 1. The number of fused-ring (bicyclic) bond motifs is 1. The number of nitrogen functional groups attached to an aromatic ring is 1. The maximum absolute atomic E-state index is 15.0. The Hall–Kier alpha value is -3.55. The number of nitrogens with zero attached hydrogens (tertiary/aromatic N) is 2. The van der Waals surface area contributed by atoms with Crippen LogP contribution in [0.1, 0.15) is 125 Å². The van der Waals surface area contributed by atoms with Crippen molar-refractivity contribution in [2.45, 2.75) is 111 Å². The predicted octanol–water partition coefficient (Wildman–Crippen LogP) is 6.90. The third-order valence-electron chi connectivity index (χ3n) is 11.0. The average Bonchev–Trinajstić information content (AvgIpc) is 3.34. The molecule has 0 spiro atoms. The number of anilines is 2. The molecule has 2 atom stereocenters. The lowest BCUT2D eigenvalue weighted by atomic mass is 9.59. The summed E-state index contributed by atoms with van der Waals surface area (Å²) < 4.78 is 38.2. The van der Waals surface area contributed by atoms with Crippen molar-refractivity contribution < 1.29 is 22.7 Å². The average molecular weight is 773 g/mol. The van der Waals surface area contributed by atoms with Crippen molar-refractivity contribution >= 4 is 50.8 Å². The second kappa shape index (κ2) is 15.3. The summed E-state index contributed by atoms with van der Waals surface area (Å²) in [5, 5.41) is -0.000632. The van der Waals surface area contributed by atoms with Crippen LogP contribution >= 0.6 is 11.6 Å². The van der Waals surface area contributed by atoms with Gasteiger partial charge in [0.2, 0.25) is 0 Å². The number of hydrogen-bond acceptors (Lipinski definition) is 8. The first-order valence-corrected chi connectivity index (χ1v) is 20.5. The number of halogens is 1. The fourth-order valence-electron chi connectivity index (χ4n) is 8.47. The van der Waals surface area contributed by atoms with Gasteiger partial charge in [-0.05, 0) is 93.0 Å². The maximum atomic E-state index is 15.0. The normalized spacial score (nSPS) is 24.3. The van der Waals surface area contributed by atoms with Crippen molar-refractivity contribution in [1.82, 2.24) is 19.0 Å². The van der Waals surface area contributed by atoms with E-state index in [9.17, 15) is 22.8 Å². The Kier molecular flexibility index (Phi) is 11.7. The summed E-state index contributed by atoms with van der Waals surface area (Å²) in [4.78, 5) is 48.0. The maximum Gasteiger partial charge on any atom is 0.342 e. The van der Waals surface area contributed by atoms with E-state index in [0.717, 1.165) is 25.7 Å². The van der Waals surface area contributed by atoms with Crippen molar-refractivity contribution in [1.29, 1.82) is 0 Å². The molecular formula is C39H57ClN6O6S. The highest BCUT2D eigenvalue weighted by Gasteiger charge is 2.49. The molecule has 2 aliphatic rings. The number of para-hydroxylation sites is 1. The van der Waals surface area contributed by atoms with Crippen LogP contribution in [0.3, 0.4) is 0 Å². The molecule has 12 nitrogen and oxygen atoms in total. The molecule has 292 valence electrons. The lowest BCUT2D eigenvalue weighted by Crippen LogP contribution is -2.49. The van der Waals surface area contributed by atoms with Gasteiger partial charge in [0.25, 0.3) is 11.5 Å². The molecule has 2 fully saturated rings. The van der Waals surface area contributed by atoms with E-state index in [1.807, 2.05) is 23.7 Å². The molecule has 2 aromatic heterocycles. The van der Waals surface area contributed by atoms with Crippen molar-refractivity contribution in [3.63, 3.8) is 0 Å². The summed E-state index contributed by atoms with van der Waals surface area (Å²) in [6.07, 6.45) is 4.24. The van der Waals surface area contributed by atoms with Crippen LogP contribution < -0.4 is 20.7 Å². The van der Waals surface area contributed by atoms with Gasteiger partial charge in [-0.1, -0.05) is 66.7 Å². The van der Waals surface area contributed by atoms with Gasteiger partial charge in [-0.25, -0.2) is 9.52 Å². The summed E-state index contributed by atoms with van der Waals surface area (Å²) in [5.41, 5.74) is 6.40. The van der Waals surface area contributed by atoms with Gasteiger partial charge in [-0.3, -0.25) is 18.7 Å². The van der Waals surface area contributed by atoms with Crippen LogP contribution in [0.4, 0.5) is 11.5 Å². The molecule has 14 heteroatoms. The predicted molar refractivity (Wildman–Crippen MR) is 211 cm³/mol. The third-order valence-corrected chi connectivity index (χ3v) is 12.4. The van der Waals surface area contributed by atoms with Crippen LogP contribution in [-0.2, 0) is 21.5 Å². The third kappa shape index (κ3) is 8.89. The summed E-state index contributed by atoms with van der Waals surface area (Å²) in [6.45, 7) is 15.6. The van der Waals surface area contributed by atoms with E-state index in [0.29, 0.717) is 30.0 Å². The number of nitrogens with two attached hydrogens (primary N) is 1. The summed E-state index contributed by atoms with van der Waals surface area (Å²) >= 11 is 6.56. The lowest BCUT2D eigenvalue weighted by molar-refractivity contribution is -0.0923. The highest BCUT2D eigenvalue weighted by atomic mass is 35.5. The molecule has 5 rings (SSSR count). The molecule has 0 saturated heterocycles. The van der Waals surface area contributed by atoms with Crippen LogP contribution in [-0.4, -0.2) is 60.2 Å². The Labute approximate surface area is 318 Å². The van der Waals surface area contributed by atoms with Crippen LogP contribution in [0, 0.1) is 28.6 Å². The lowest BCUT2D eigenvalue weighted by Gasteiger charge is -2.50. The van der Waals surface area contributed by atoms with Gasteiger partial charge in [0.15, 0.2) is 0 Å². The molecule has 5 N–H and O–H groups in total. The van der Waals surface area contributed by atoms with Gasteiger partial charge in [0.05, 0.1) is 5.69 Å². The van der Waals surface area contributed by atoms with Gasteiger partial charge in [-0.2, -0.15) is 8.42 Å². The van der Waals surface area contributed by atoms with E-state index < -0.39 is 39.3 Å². The van der Waals surface area contributed by atoms with Crippen molar-refractivity contribution in [3.8, 4) is 0 Å². The molecule has 2 aliphatic carbocycles. The first kappa shape index (κ1) is 40.6. The zero-order chi connectivity index (χ0) is 39.2. The molecule has 2 saturated carbocycles. The molecule has 2 heterocycles. The van der Waals surface area contributed by atoms with Crippen LogP contribution in [0.25, 0.3) is 5.65 Å². The Balaban J connectivity index is 1.69. The first-order chi connectivity index (χ1) is 24.6. The van der Waals surface area contributed by atoms with Crippen molar-refractivity contribution in [3.05, 3.63) is 63.1 Å². The molecule has 3 aromatic rings. The monoisotopic (exact) mass is 772 g/mol. The highest BCUT2D eigenvalue weighted by Crippen LogP contribution is 2.50. The van der Waals surface area contributed by atoms with E-state index in [2.05, 4.69) is 58.2 Å². The fourth-order valence-corrected chi connectivity index (χ4v) is 9.57. The molecule has 1 aromatic carbocycles. The van der Waals surface area contributed by atoms with Crippen LogP contribution in [0.15, 0.2) is 35.1 Å². The van der Waals surface area contributed by atoms with Gasteiger partial charge >= 0.3 is 16.2 Å². The Morgan fingerprint density at radius 1 is 0.981 bits per heavy atom. The number of H-pyrrole nitrogens is 1. The number of rotatable bonds is 9. The molecular weight excluding hydrogens is 716 g/mol. The van der Waals surface area contributed by atoms with E-state index in [1.165, 1.54) is 16.5 Å². The van der Waals surface area contributed by atoms with Gasteiger partial charge in [0.1, 0.15) is 28.7 Å². The first-order valence-electron chi connectivity index (χ1n) is 18.6. The highest BCUT2D eigenvalue weighted by molar-refractivity contribution is 7.91. The van der Waals surface area contributed by atoms with E-state index in [1.54, 1.807) is 18.2 Å². The minimum absolute atomic E-state index is 0.000632. The van der Waals surface area contributed by atoms with E-state index >= 15 is 0 Å². The summed E-state index contributed by atoms with van der Waals surface area (Å²) in [5.74, 6) is -1.67. The number of ether oxygens (including phenoxy) is 1. The van der Waals surface area contributed by atoms with Gasteiger partial charge in [-0.15, -0.1) is 11.6 Å². The summed E-state index contributed by atoms with van der Waals surface area (Å²) in [6, 6.07) is 8.03. The molecule has 53 heavy (non-hydrogen) atoms. The van der Waals surface area contributed by atoms with Crippen LogP contribution in [0.2, 0.25) is 0 Å². The molecule has 0 aliphatic heterocycles. The number of amides is 1. The zero-order valence-electron chi connectivity index (χ0n) is 32.5. The minimum Gasteiger partial charge on any atom is -0.458 e. The smallest absolute Gasteiger partial charge is 0.342 e. The standard InChI is InChI=1S/C39H57ClN6O6S/c1-22-19-26(38(2,3)4)32(27(20-22)39(5,6)7)52-37(49)30-29(23-15-17-24(40)18-16-23)28(21-45(8)9)46-34(30)42-33(41)31(36(46)48)35(47)44-53(50,51)43-25-13-11-10-12-14-25/h10-14,22-24,26-27,32,42-43H,15-21,41H2,1-9H3,(H,44,47). The Bertz CT molecular complexity index is 1960. The number of nitrogens with one attached hydrogen (secondary N) is 3. The quantitative estimate of drug-likeness (QED) is 0.135. The number of hydrogen-bond donors (Lipinski definition) is 4. The number of aromatic amines is 1. The Morgan fingerprint density at radius 2 is 1.55 bits per heavy atom. The summed E-state index contributed by atoms with van der Waals surface area (Å²) in [7, 11) is -0.754. The van der Waals surface area contributed by atoms with E-state index in [4.69, 9.17) is 22.1 Å². The second-order valence-corrected chi connectivity index (χ2v) is 19.7. The van der Waals surface area contributed by atoms with E-state index in [-0.39, 0.29) is 63.2 Å². The second-order valence-electron chi connectivity index (χ2n) is 17.6. The molecule has 0 bridgehead atoms. The Morgan fingerprint density at radius 3 is 2.08 bits per heavy atom. The van der Waals surface area contributed by atoms with Gasteiger partial charge < -0.3 is 20.4 Å². The van der Waals surface area contributed by atoms with Gasteiger partial charge in [0, 0.05) is 29.5 Å². The molecule has 0 radical (unpaired) electrons. The molecule has 1 amide bonds. The zero-order valence-corrected chi connectivity index (χ0v) is 34.1. The minimum atomic E-state index is -4.45. The number of carbonyl (C=O) groups is 2. The molecule has 2 unspecified atom stereocenters. The number of carbonyl (C=O) groups excluding carboxylic acids is 2. The largest absolute Gasteiger partial charge is 0.458 e. The number of alkyl halides is 1.